The van der Waals surface area contributed by atoms with E-state index in [1.165, 1.54) is 23.0 Å². The molecular weight excluding hydrogens is 372 g/mol. The largest absolute Gasteiger partial charge is 0.368 e. The number of nitrogens with two attached hydrogens (primary N) is 1. The molecule has 2 aliphatic rings. The summed E-state index contributed by atoms with van der Waals surface area (Å²) in [7, 11) is 0. The number of H-pyrrole nitrogens is 1. The molecule has 3 rings (SSSR count). The first-order valence-electron chi connectivity index (χ1n) is 8.61. The number of primary amides is 1. The second-order valence-electron chi connectivity index (χ2n) is 6.79. The summed E-state index contributed by atoms with van der Waals surface area (Å²) >= 11 is 1.43. The Morgan fingerprint density at radius 3 is 2.85 bits per heavy atom. The standard InChI is InChI=1S/C16H22N6O4S/c1-8-2-12(23)21-13(8)15(25)20-10(3-9-4-18-6-19-9)16(26)22-7-27-5-11(22)14(17)24/h4,6,8,10-11,13H,2-3,5,7H2,1H3,(H2,17,24)(H,18,19)(H,20,25)(H,21,23)/t8-,10+,11?,13+/m1/s1. The lowest BCUT2D eigenvalue weighted by Crippen LogP contribution is -2.57. The van der Waals surface area contributed by atoms with Crippen molar-refractivity contribution in [3.8, 4) is 0 Å². The molecular formula is C16H22N6O4S. The molecule has 10 nitrogen and oxygen atoms in total. The topological polar surface area (TPSA) is 150 Å². The molecule has 27 heavy (non-hydrogen) atoms. The highest BCUT2D eigenvalue weighted by Gasteiger charge is 2.40. The first kappa shape index (κ1) is 19.2. The van der Waals surface area contributed by atoms with Crippen molar-refractivity contribution in [1.82, 2.24) is 25.5 Å². The van der Waals surface area contributed by atoms with Crippen molar-refractivity contribution in [3.63, 3.8) is 0 Å². The van der Waals surface area contributed by atoms with E-state index >= 15 is 0 Å². The predicted octanol–water partition coefficient (Wildman–Crippen LogP) is -1.65. The fraction of sp³-hybridized carbons (Fsp3) is 0.562. The third-order valence-electron chi connectivity index (χ3n) is 4.76. The van der Waals surface area contributed by atoms with E-state index in [1.54, 1.807) is 13.1 Å². The van der Waals surface area contributed by atoms with Crippen LogP contribution in [0.5, 0.6) is 0 Å². The van der Waals surface area contributed by atoms with Crippen LogP contribution < -0.4 is 16.4 Å². The summed E-state index contributed by atoms with van der Waals surface area (Å²) in [5.74, 6) is -0.973. The minimum Gasteiger partial charge on any atom is -0.368 e. The summed E-state index contributed by atoms with van der Waals surface area (Å²) in [6.07, 6.45) is 3.50. The highest BCUT2D eigenvalue weighted by atomic mass is 32.2. The van der Waals surface area contributed by atoms with Gasteiger partial charge in [-0.25, -0.2) is 4.98 Å². The Bertz CT molecular complexity index is 739. The van der Waals surface area contributed by atoms with Gasteiger partial charge in [-0.15, -0.1) is 11.8 Å². The number of carbonyl (C=O) groups is 4. The predicted molar refractivity (Wildman–Crippen MR) is 97.1 cm³/mol. The van der Waals surface area contributed by atoms with Gasteiger partial charge in [-0.3, -0.25) is 19.2 Å². The van der Waals surface area contributed by atoms with Gasteiger partial charge in [0, 0.05) is 30.5 Å². The van der Waals surface area contributed by atoms with Crippen molar-refractivity contribution < 1.29 is 19.2 Å². The van der Waals surface area contributed by atoms with Gasteiger partial charge in [-0.05, 0) is 5.92 Å². The van der Waals surface area contributed by atoms with E-state index in [4.69, 9.17) is 5.73 Å². The van der Waals surface area contributed by atoms with Crippen LogP contribution in [-0.2, 0) is 25.6 Å². The Labute approximate surface area is 160 Å². The number of aromatic nitrogens is 2. The molecule has 2 aliphatic heterocycles. The second-order valence-corrected chi connectivity index (χ2v) is 7.79. The maximum absolute atomic E-state index is 13.1. The van der Waals surface area contributed by atoms with Crippen molar-refractivity contribution >= 4 is 35.4 Å². The van der Waals surface area contributed by atoms with Crippen LogP contribution in [-0.4, -0.2) is 68.3 Å². The summed E-state index contributed by atoms with van der Waals surface area (Å²) < 4.78 is 0. The Morgan fingerprint density at radius 2 is 2.26 bits per heavy atom. The van der Waals surface area contributed by atoms with Crippen LogP contribution in [0.15, 0.2) is 12.5 Å². The number of aromatic amines is 1. The van der Waals surface area contributed by atoms with Crippen LogP contribution in [0.2, 0.25) is 0 Å². The first-order chi connectivity index (χ1) is 12.9. The zero-order valence-corrected chi connectivity index (χ0v) is 15.6. The van der Waals surface area contributed by atoms with E-state index in [2.05, 4.69) is 20.6 Å². The number of carbonyl (C=O) groups excluding carboxylic acids is 4. The maximum Gasteiger partial charge on any atom is 0.246 e. The maximum atomic E-state index is 13.1. The highest BCUT2D eigenvalue weighted by molar-refractivity contribution is 7.99. The molecule has 2 fully saturated rings. The third-order valence-corrected chi connectivity index (χ3v) is 5.77. The third kappa shape index (κ3) is 4.24. The lowest BCUT2D eigenvalue weighted by Gasteiger charge is -2.28. The van der Waals surface area contributed by atoms with Gasteiger partial charge in [-0.2, -0.15) is 0 Å². The Balaban J connectivity index is 1.76. The molecule has 146 valence electrons. The van der Waals surface area contributed by atoms with Gasteiger partial charge in [-0.1, -0.05) is 6.92 Å². The van der Waals surface area contributed by atoms with Gasteiger partial charge in [0.05, 0.1) is 12.2 Å². The number of amides is 4. The number of nitrogens with zero attached hydrogens (tertiary/aromatic N) is 2. The molecule has 4 amide bonds. The number of rotatable bonds is 6. The molecule has 0 aromatic carbocycles. The van der Waals surface area contributed by atoms with Gasteiger partial charge in [0.15, 0.2) is 0 Å². The number of hydrogen-bond donors (Lipinski definition) is 4. The fourth-order valence-corrected chi connectivity index (χ4v) is 4.46. The monoisotopic (exact) mass is 394 g/mol. The van der Waals surface area contributed by atoms with Crippen molar-refractivity contribution in [3.05, 3.63) is 18.2 Å². The number of thioether (sulfide) groups is 1. The summed E-state index contributed by atoms with van der Waals surface area (Å²) in [4.78, 5) is 57.1. The van der Waals surface area contributed by atoms with E-state index in [-0.39, 0.29) is 30.6 Å². The fourth-order valence-electron chi connectivity index (χ4n) is 3.28. The smallest absolute Gasteiger partial charge is 0.246 e. The average molecular weight is 394 g/mol. The molecule has 4 atom stereocenters. The zero-order valence-electron chi connectivity index (χ0n) is 14.8. The van der Waals surface area contributed by atoms with E-state index < -0.39 is 29.9 Å². The lowest BCUT2D eigenvalue weighted by atomic mass is 10.0. The van der Waals surface area contributed by atoms with Crippen molar-refractivity contribution in [2.45, 2.75) is 37.9 Å². The van der Waals surface area contributed by atoms with Crippen LogP contribution in [0.4, 0.5) is 0 Å². The summed E-state index contributed by atoms with van der Waals surface area (Å²) in [6, 6.07) is -2.29. The number of imidazole rings is 1. The SMILES string of the molecule is C[C@@H]1CC(=O)N[C@@H]1C(=O)N[C@@H](Cc1cnc[nH]1)C(=O)N1CSCC1C(N)=O. The molecule has 1 aromatic rings. The molecule has 1 unspecified atom stereocenters. The van der Waals surface area contributed by atoms with Crippen LogP contribution in [0.1, 0.15) is 19.0 Å². The van der Waals surface area contributed by atoms with Gasteiger partial charge in [0.25, 0.3) is 0 Å². The molecule has 5 N–H and O–H groups in total. The molecule has 2 saturated heterocycles. The van der Waals surface area contributed by atoms with E-state index in [0.717, 1.165) is 0 Å². The number of hydrogen-bond acceptors (Lipinski definition) is 6. The average Bonchev–Trinajstić information content (AvgIpc) is 3.34. The van der Waals surface area contributed by atoms with Gasteiger partial charge in [0.2, 0.25) is 23.6 Å². The van der Waals surface area contributed by atoms with Crippen molar-refractivity contribution in [1.29, 1.82) is 0 Å². The van der Waals surface area contributed by atoms with E-state index in [9.17, 15) is 19.2 Å². The first-order valence-corrected chi connectivity index (χ1v) is 9.76. The van der Waals surface area contributed by atoms with Gasteiger partial charge in [0.1, 0.15) is 18.1 Å². The molecule has 1 aromatic heterocycles. The van der Waals surface area contributed by atoms with Crippen LogP contribution in [0.25, 0.3) is 0 Å². The van der Waals surface area contributed by atoms with Crippen LogP contribution in [0, 0.1) is 5.92 Å². The zero-order chi connectivity index (χ0) is 19.6. The summed E-state index contributed by atoms with van der Waals surface area (Å²) in [5.41, 5.74) is 6.07. The molecule has 0 spiro atoms. The van der Waals surface area contributed by atoms with E-state index in [1.807, 2.05) is 0 Å². The quantitative estimate of drug-likeness (QED) is 0.454. The number of nitrogens with one attached hydrogen (secondary N) is 3. The van der Waals surface area contributed by atoms with E-state index in [0.29, 0.717) is 17.3 Å². The van der Waals surface area contributed by atoms with Gasteiger partial charge < -0.3 is 26.3 Å². The molecule has 0 saturated carbocycles. The Kier molecular flexibility index (Phi) is 5.68. The molecule has 0 aliphatic carbocycles. The van der Waals surface area contributed by atoms with Crippen molar-refractivity contribution in [2.24, 2.45) is 11.7 Å². The second kappa shape index (κ2) is 7.99. The minimum atomic E-state index is -0.900. The summed E-state index contributed by atoms with van der Waals surface area (Å²) in [5, 5.41) is 5.36. The molecule has 0 bridgehead atoms. The Morgan fingerprint density at radius 1 is 1.48 bits per heavy atom. The molecule has 11 heteroatoms. The molecule has 3 heterocycles. The molecule has 0 radical (unpaired) electrons. The summed E-state index contributed by atoms with van der Waals surface area (Å²) in [6.45, 7) is 1.80. The normalized spacial score (nSPS) is 25.9. The minimum absolute atomic E-state index is 0.166. The highest BCUT2D eigenvalue weighted by Crippen LogP contribution is 2.22. The van der Waals surface area contributed by atoms with Gasteiger partial charge >= 0.3 is 0 Å². The Hall–Kier alpha value is -2.56. The van der Waals surface area contributed by atoms with Crippen LogP contribution >= 0.6 is 11.8 Å². The van der Waals surface area contributed by atoms with Crippen LogP contribution in [0.3, 0.4) is 0 Å². The lowest BCUT2D eigenvalue weighted by molar-refractivity contribution is -0.140. The van der Waals surface area contributed by atoms with Crippen molar-refractivity contribution in [2.75, 3.05) is 11.6 Å².